The van der Waals surface area contributed by atoms with E-state index in [0.29, 0.717) is 15.9 Å². The predicted molar refractivity (Wildman–Crippen MR) is 63.6 cm³/mol. The molecule has 0 aliphatic rings. The highest BCUT2D eigenvalue weighted by atomic mass is 79.9. The molecule has 4 nitrogen and oxygen atoms in total. The second-order valence-corrected chi connectivity index (χ2v) is 4.09. The van der Waals surface area contributed by atoms with Crippen LogP contribution in [0.3, 0.4) is 0 Å². The molecule has 0 aliphatic heterocycles. The van der Waals surface area contributed by atoms with E-state index < -0.39 is 0 Å². The van der Waals surface area contributed by atoms with Gasteiger partial charge in [-0.15, -0.1) is 0 Å². The Hall–Kier alpha value is -1.33. The van der Waals surface area contributed by atoms with E-state index in [4.69, 9.17) is 16.0 Å². The molecule has 2 aromatic rings. The molecule has 2 aromatic heterocycles. The summed E-state index contributed by atoms with van der Waals surface area (Å²) < 4.78 is 5.52. The molecule has 0 bridgehead atoms. The van der Waals surface area contributed by atoms with E-state index >= 15 is 0 Å². The summed E-state index contributed by atoms with van der Waals surface area (Å²) >= 11 is 8.88. The summed E-state index contributed by atoms with van der Waals surface area (Å²) in [5, 5.41) is 2.72. The van der Waals surface area contributed by atoms with Gasteiger partial charge in [0, 0.05) is 0 Å². The van der Waals surface area contributed by atoms with Crippen LogP contribution in [0.2, 0.25) is 5.22 Å². The quantitative estimate of drug-likeness (QED) is 0.866. The number of anilines is 1. The number of carbonyl (C=O) groups is 1. The van der Waals surface area contributed by atoms with Crippen molar-refractivity contribution < 1.29 is 9.21 Å². The average Bonchev–Trinajstić information content (AvgIpc) is 2.68. The molecule has 1 N–H and O–H groups in total. The lowest BCUT2D eigenvalue weighted by Crippen LogP contribution is -2.11. The molecular formula is C10H6BrClN2O2. The van der Waals surface area contributed by atoms with Gasteiger partial charge in [0.1, 0.15) is 4.60 Å². The summed E-state index contributed by atoms with van der Waals surface area (Å²) in [6.45, 7) is 0. The number of carbonyl (C=O) groups excluding carboxylic acids is 1. The van der Waals surface area contributed by atoms with E-state index in [9.17, 15) is 4.79 Å². The summed E-state index contributed by atoms with van der Waals surface area (Å²) in [6.07, 6.45) is 2.90. The van der Waals surface area contributed by atoms with Gasteiger partial charge in [0.25, 0.3) is 5.91 Å². The number of hydrogen-bond acceptors (Lipinski definition) is 3. The number of nitrogens with zero attached hydrogens (tertiary/aromatic N) is 1. The molecule has 16 heavy (non-hydrogen) atoms. The zero-order valence-corrected chi connectivity index (χ0v) is 10.2. The number of furan rings is 1. The summed E-state index contributed by atoms with van der Waals surface area (Å²) in [5.41, 5.74) is 0.884. The number of halogens is 2. The van der Waals surface area contributed by atoms with Crippen LogP contribution in [0.5, 0.6) is 0 Å². The molecule has 0 saturated carbocycles. The minimum atomic E-state index is -0.331. The Morgan fingerprint density at radius 3 is 2.81 bits per heavy atom. The second-order valence-electron chi connectivity index (χ2n) is 2.93. The maximum Gasteiger partial charge on any atom is 0.260 e. The van der Waals surface area contributed by atoms with Gasteiger partial charge < -0.3 is 9.73 Å². The van der Waals surface area contributed by atoms with Crippen molar-refractivity contribution in [2.45, 2.75) is 0 Å². The van der Waals surface area contributed by atoms with Crippen molar-refractivity contribution in [1.82, 2.24) is 4.98 Å². The van der Waals surface area contributed by atoms with Gasteiger partial charge in [0.2, 0.25) is 5.22 Å². The predicted octanol–water partition coefficient (Wildman–Crippen LogP) is 3.34. The summed E-state index contributed by atoms with van der Waals surface area (Å²) in [7, 11) is 0. The molecule has 0 aromatic carbocycles. The lowest BCUT2D eigenvalue weighted by molar-refractivity contribution is 0.102. The average molecular weight is 302 g/mol. The smallest absolute Gasteiger partial charge is 0.260 e. The van der Waals surface area contributed by atoms with Crippen molar-refractivity contribution in [3.8, 4) is 0 Å². The number of amides is 1. The molecule has 0 fully saturated rings. The van der Waals surface area contributed by atoms with Crippen molar-refractivity contribution >= 4 is 39.1 Å². The highest BCUT2D eigenvalue weighted by molar-refractivity contribution is 9.10. The number of pyridine rings is 1. The van der Waals surface area contributed by atoms with E-state index in [-0.39, 0.29) is 11.1 Å². The third-order valence-electron chi connectivity index (χ3n) is 1.85. The first-order valence-corrected chi connectivity index (χ1v) is 5.50. The Labute approximate surface area is 105 Å². The fourth-order valence-corrected chi connectivity index (χ4v) is 1.54. The second kappa shape index (κ2) is 4.67. The van der Waals surface area contributed by atoms with Crippen LogP contribution in [0.4, 0.5) is 5.69 Å². The van der Waals surface area contributed by atoms with Crippen molar-refractivity contribution in [1.29, 1.82) is 0 Å². The van der Waals surface area contributed by atoms with E-state index in [1.54, 1.807) is 12.1 Å². The molecular weight excluding hydrogens is 295 g/mol. The summed E-state index contributed by atoms with van der Waals surface area (Å²) in [6, 6.07) is 4.96. The minimum Gasteiger partial charge on any atom is -0.452 e. The van der Waals surface area contributed by atoms with Crippen LogP contribution in [0.25, 0.3) is 0 Å². The molecule has 0 aliphatic carbocycles. The molecule has 1 amide bonds. The van der Waals surface area contributed by atoms with Gasteiger partial charge in [-0.05, 0) is 45.7 Å². The van der Waals surface area contributed by atoms with Crippen molar-refractivity contribution in [3.63, 3.8) is 0 Å². The lowest BCUT2D eigenvalue weighted by Gasteiger charge is -2.02. The van der Waals surface area contributed by atoms with E-state index in [1.165, 1.54) is 18.5 Å². The number of hydrogen-bond donors (Lipinski definition) is 1. The first-order chi connectivity index (χ1) is 7.66. The molecule has 82 valence electrons. The molecule has 2 heterocycles. The Morgan fingerprint density at radius 2 is 2.25 bits per heavy atom. The molecule has 0 unspecified atom stereocenters. The maximum atomic E-state index is 11.7. The molecule has 2 rings (SSSR count). The zero-order valence-electron chi connectivity index (χ0n) is 7.91. The maximum absolute atomic E-state index is 11.7. The van der Waals surface area contributed by atoms with Gasteiger partial charge in [0.05, 0.1) is 23.7 Å². The zero-order chi connectivity index (χ0) is 11.5. The largest absolute Gasteiger partial charge is 0.452 e. The Kier molecular flexibility index (Phi) is 3.26. The SMILES string of the molecule is O=C(Nc1ccc(Br)nc1)c1ccoc1Cl. The minimum absolute atomic E-state index is 0.0718. The monoisotopic (exact) mass is 300 g/mol. The molecule has 0 atom stereocenters. The van der Waals surface area contributed by atoms with Gasteiger partial charge in [-0.3, -0.25) is 4.79 Å². The lowest BCUT2D eigenvalue weighted by atomic mass is 10.3. The van der Waals surface area contributed by atoms with Crippen LogP contribution in [0.1, 0.15) is 10.4 Å². The molecule has 0 saturated heterocycles. The van der Waals surface area contributed by atoms with Crippen LogP contribution in [-0.2, 0) is 0 Å². The van der Waals surface area contributed by atoms with Gasteiger partial charge in [-0.1, -0.05) is 0 Å². The van der Waals surface area contributed by atoms with Gasteiger partial charge in [0.15, 0.2) is 0 Å². The topological polar surface area (TPSA) is 55.1 Å². The highest BCUT2D eigenvalue weighted by Gasteiger charge is 2.12. The van der Waals surface area contributed by atoms with Gasteiger partial charge in [-0.2, -0.15) is 0 Å². The Balaban J connectivity index is 2.14. The molecule has 0 radical (unpaired) electrons. The third-order valence-corrected chi connectivity index (χ3v) is 2.61. The Morgan fingerprint density at radius 1 is 1.44 bits per heavy atom. The normalized spacial score (nSPS) is 10.1. The fraction of sp³-hybridized carbons (Fsp3) is 0. The number of nitrogens with one attached hydrogen (secondary N) is 1. The summed E-state index contributed by atoms with van der Waals surface area (Å²) in [5.74, 6) is -0.331. The Bertz CT molecular complexity index is 510. The third kappa shape index (κ3) is 2.43. The van der Waals surface area contributed by atoms with Crippen LogP contribution >= 0.6 is 27.5 Å². The number of aromatic nitrogens is 1. The highest BCUT2D eigenvalue weighted by Crippen LogP contribution is 2.18. The van der Waals surface area contributed by atoms with E-state index in [1.807, 2.05) is 0 Å². The number of rotatable bonds is 2. The molecule has 0 spiro atoms. The fourth-order valence-electron chi connectivity index (χ4n) is 1.10. The van der Waals surface area contributed by atoms with Crippen LogP contribution in [-0.4, -0.2) is 10.9 Å². The van der Waals surface area contributed by atoms with Crippen molar-refractivity contribution in [2.24, 2.45) is 0 Å². The summed E-state index contributed by atoms with van der Waals surface area (Å²) in [4.78, 5) is 15.7. The first-order valence-electron chi connectivity index (χ1n) is 4.33. The van der Waals surface area contributed by atoms with Crippen LogP contribution in [0.15, 0.2) is 39.7 Å². The van der Waals surface area contributed by atoms with Crippen LogP contribution in [0, 0.1) is 0 Å². The van der Waals surface area contributed by atoms with Crippen LogP contribution < -0.4 is 5.32 Å². The first kappa shape index (κ1) is 11.2. The van der Waals surface area contributed by atoms with Crippen molar-refractivity contribution in [3.05, 3.63) is 46.0 Å². The van der Waals surface area contributed by atoms with Gasteiger partial charge >= 0.3 is 0 Å². The standard InChI is InChI=1S/C10H6BrClN2O2/c11-8-2-1-6(5-13-8)14-10(15)7-3-4-16-9(7)12/h1-5H,(H,14,15). The molecule has 6 heteroatoms. The van der Waals surface area contributed by atoms with Gasteiger partial charge in [-0.25, -0.2) is 4.98 Å². The van der Waals surface area contributed by atoms with E-state index in [0.717, 1.165) is 0 Å². The van der Waals surface area contributed by atoms with Crippen molar-refractivity contribution in [2.75, 3.05) is 5.32 Å². The van der Waals surface area contributed by atoms with E-state index in [2.05, 4.69) is 26.2 Å².